The van der Waals surface area contributed by atoms with Gasteiger partial charge in [-0.05, 0) is 56.7 Å². The Morgan fingerprint density at radius 3 is 2.67 bits per heavy atom. The molecule has 2 aromatic carbocycles. The van der Waals surface area contributed by atoms with Crippen LogP contribution in [-0.2, 0) is 0 Å². The molecule has 110 valence electrons. The molecule has 0 heterocycles. The van der Waals surface area contributed by atoms with Crippen molar-refractivity contribution in [1.29, 1.82) is 0 Å². The van der Waals surface area contributed by atoms with E-state index in [1.54, 1.807) is 24.3 Å². The van der Waals surface area contributed by atoms with E-state index in [2.05, 4.69) is 5.32 Å². The van der Waals surface area contributed by atoms with Crippen LogP contribution in [-0.4, -0.2) is 12.0 Å². The van der Waals surface area contributed by atoms with Gasteiger partial charge in [-0.25, -0.2) is 0 Å². The van der Waals surface area contributed by atoms with Gasteiger partial charge in [-0.3, -0.25) is 4.79 Å². The zero-order valence-electron chi connectivity index (χ0n) is 12.5. The Morgan fingerprint density at radius 1 is 1.19 bits per heavy atom. The third-order valence-electron chi connectivity index (χ3n) is 2.98. The van der Waals surface area contributed by atoms with Crippen molar-refractivity contribution in [1.82, 2.24) is 0 Å². The van der Waals surface area contributed by atoms with E-state index in [9.17, 15) is 4.79 Å². The number of carbonyl (C=O) groups is 1. The van der Waals surface area contributed by atoms with Crippen LogP contribution in [0.5, 0.6) is 5.75 Å². The normalized spacial score (nSPS) is 10.5. The number of carbonyl (C=O) groups excluding carboxylic acids is 1. The van der Waals surface area contributed by atoms with E-state index in [0.717, 1.165) is 11.3 Å². The van der Waals surface area contributed by atoms with Gasteiger partial charge in [0.05, 0.1) is 6.10 Å². The fourth-order valence-corrected chi connectivity index (χ4v) is 1.95. The maximum Gasteiger partial charge on any atom is 0.255 e. The van der Waals surface area contributed by atoms with Crippen LogP contribution in [0.25, 0.3) is 0 Å². The minimum Gasteiger partial charge on any atom is -0.491 e. The third-order valence-corrected chi connectivity index (χ3v) is 2.98. The lowest BCUT2D eigenvalue weighted by molar-refractivity contribution is 0.102. The summed E-state index contributed by atoms with van der Waals surface area (Å²) in [4.78, 5) is 12.3. The molecule has 4 nitrogen and oxygen atoms in total. The van der Waals surface area contributed by atoms with E-state index in [-0.39, 0.29) is 12.0 Å². The van der Waals surface area contributed by atoms with Crippen molar-refractivity contribution < 1.29 is 9.53 Å². The van der Waals surface area contributed by atoms with E-state index in [4.69, 9.17) is 10.5 Å². The molecule has 0 saturated heterocycles. The summed E-state index contributed by atoms with van der Waals surface area (Å²) in [5.41, 5.74) is 8.60. The number of hydrogen-bond donors (Lipinski definition) is 2. The molecular weight excluding hydrogens is 264 g/mol. The monoisotopic (exact) mass is 284 g/mol. The molecule has 0 fully saturated rings. The first-order valence-electron chi connectivity index (χ1n) is 6.90. The molecule has 0 aliphatic rings. The minimum absolute atomic E-state index is 0.0690. The summed E-state index contributed by atoms with van der Waals surface area (Å²) in [5, 5.41) is 2.87. The SMILES string of the molecule is Cc1ccc(N)cc1NC(=O)c1cccc(OC(C)C)c1. The summed E-state index contributed by atoms with van der Waals surface area (Å²) in [5.74, 6) is 0.500. The van der Waals surface area contributed by atoms with Gasteiger partial charge >= 0.3 is 0 Å². The van der Waals surface area contributed by atoms with Crippen molar-refractivity contribution in [2.75, 3.05) is 11.1 Å². The number of aryl methyl sites for hydroxylation is 1. The zero-order chi connectivity index (χ0) is 15.4. The minimum atomic E-state index is -0.182. The average molecular weight is 284 g/mol. The highest BCUT2D eigenvalue weighted by molar-refractivity contribution is 6.05. The van der Waals surface area contributed by atoms with Crippen LogP contribution in [0.15, 0.2) is 42.5 Å². The molecule has 0 spiro atoms. The standard InChI is InChI=1S/C17H20N2O2/c1-11(2)21-15-6-4-5-13(9-15)17(20)19-16-10-14(18)8-7-12(16)3/h4-11H,18H2,1-3H3,(H,19,20). The van der Waals surface area contributed by atoms with Crippen LogP contribution in [0, 0.1) is 6.92 Å². The highest BCUT2D eigenvalue weighted by Gasteiger charge is 2.09. The van der Waals surface area contributed by atoms with Gasteiger partial charge in [0, 0.05) is 16.9 Å². The smallest absolute Gasteiger partial charge is 0.255 e. The summed E-state index contributed by atoms with van der Waals surface area (Å²) < 4.78 is 5.60. The molecule has 0 aliphatic heterocycles. The van der Waals surface area contributed by atoms with Gasteiger partial charge in [0.1, 0.15) is 5.75 Å². The first-order valence-corrected chi connectivity index (χ1v) is 6.90. The molecular formula is C17H20N2O2. The Balaban J connectivity index is 2.18. The fourth-order valence-electron chi connectivity index (χ4n) is 1.95. The first-order chi connectivity index (χ1) is 9.95. The molecule has 2 rings (SSSR count). The molecule has 0 unspecified atom stereocenters. The van der Waals surface area contributed by atoms with E-state index in [1.807, 2.05) is 39.0 Å². The highest BCUT2D eigenvalue weighted by Crippen LogP contribution is 2.20. The topological polar surface area (TPSA) is 64.3 Å². The molecule has 0 aromatic heterocycles. The first kappa shape index (κ1) is 14.9. The molecule has 0 bridgehead atoms. The Labute approximate surface area is 124 Å². The van der Waals surface area contributed by atoms with Gasteiger partial charge in [0.2, 0.25) is 0 Å². The Hall–Kier alpha value is -2.49. The average Bonchev–Trinajstić information content (AvgIpc) is 2.42. The fraction of sp³-hybridized carbons (Fsp3) is 0.235. The predicted molar refractivity (Wildman–Crippen MR) is 85.8 cm³/mol. The van der Waals surface area contributed by atoms with Gasteiger partial charge in [0.15, 0.2) is 0 Å². The number of hydrogen-bond acceptors (Lipinski definition) is 3. The number of ether oxygens (including phenoxy) is 1. The molecule has 0 saturated carbocycles. The largest absolute Gasteiger partial charge is 0.491 e. The maximum atomic E-state index is 12.3. The molecule has 0 radical (unpaired) electrons. The Kier molecular flexibility index (Phi) is 4.48. The quantitative estimate of drug-likeness (QED) is 0.843. The summed E-state index contributed by atoms with van der Waals surface area (Å²) >= 11 is 0. The van der Waals surface area contributed by atoms with E-state index in [0.29, 0.717) is 17.0 Å². The lowest BCUT2D eigenvalue weighted by Gasteiger charge is -2.12. The molecule has 3 N–H and O–H groups in total. The molecule has 0 atom stereocenters. The van der Waals surface area contributed by atoms with E-state index >= 15 is 0 Å². The van der Waals surface area contributed by atoms with Crippen molar-refractivity contribution >= 4 is 17.3 Å². The number of amides is 1. The van der Waals surface area contributed by atoms with E-state index in [1.165, 1.54) is 0 Å². The number of nitrogens with two attached hydrogens (primary N) is 1. The lowest BCUT2D eigenvalue weighted by atomic mass is 10.1. The Morgan fingerprint density at radius 2 is 1.95 bits per heavy atom. The molecule has 1 amide bonds. The van der Waals surface area contributed by atoms with E-state index < -0.39 is 0 Å². The predicted octanol–water partition coefficient (Wildman–Crippen LogP) is 3.62. The van der Waals surface area contributed by atoms with Crippen molar-refractivity contribution in [2.24, 2.45) is 0 Å². The Bertz CT molecular complexity index is 651. The third kappa shape index (κ3) is 3.99. The second-order valence-electron chi connectivity index (χ2n) is 5.22. The highest BCUT2D eigenvalue weighted by atomic mass is 16.5. The van der Waals surface area contributed by atoms with Crippen LogP contribution in [0.1, 0.15) is 29.8 Å². The van der Waals surface area contributed by atoms with Gasteiger partial charge in [-0.1, -0.05) is 12.1 Å². The number of nitrogens with one attached hydrogen (secondary N) is 1. The van der Waals surface area contributed by atoms with Crippen molar-refractivity contribution in [3.05, 3.63) is 53.6 Å². The van der Waals surface area contributed by atoms with Crippen LogP contribution >= 0.6 is 0 Å². The molecule has 21 heavy (non-hydrogen) atoms. The summed E-state index contributed by atoms with van der Waals surface area (Å²) in [6.45, 7) is 5.82. The van der Waals surface area contributed by atoms with Gasteiger partial charge in [-0.2, -0.15) is 0 Å². The molecule has 2 aromatic rings. The molecule has 4 heteroatoms. The van der Waals surface area contributed by atoms with Gasteiger partial charge in [0.25, 0.3) is 5.91 Å². The summed E-state index contributed by atoms with van der Waals surface area (Å²) in [6, 6.07) is 12.6. The van der Waals surface area contributed by atoms with Crippen LogP contribution in [0.4, 0.5) is 11.4 Å². The number of rotatable bonds is 4. The van der Waals surface area contributed by atoms with Crippen molar-refractivity contribution in [3.63, 3.8) is 0 Å². The zero-order valence-corrected chi connectivity index (χ0v) is 12.5. The second kappa shape index (κ2) is 6.31. The maximum absolute atomic E-state index is 12.3. The molecule has 0 aliphatic carbocycles. The van der Waals surface area contributed by atoms with Crippen LogP contribution < -0.4 is 15.8 Å². The second-order valence-corrected chi connectivity index (χ2v) is 5.22. The van der Waals surface area contributed by atoms with Crippen LogP contribution in [0.3, 0.4) is 0 Å². The summed E-state index contributed by atoms with van der Waals surface area (Å²) in [6.07, 6.45) is 0.0690. The van der Waals surface area contributed by atoms with Gasteiger partial charge < -0.3 is 15.8 Å². The lowest BCUT2D eigenvalue weighted by Crippen LogP contribution is -2.13. The summed E-state index contributed by atoms with van der Waals surface area (Å²) in [7, 11) is 0. The number of nitrogen functional groups attached to an aromatic ring is 1. The number of benzene rings is 2. The van der Waals surface area contributed by atoms with Crippen molar-refractivity contribution in [3.8, 4) is 5.75 Å². The number of anilines is 2. The van der Waals surface area contributed by atoms with Crippen molar-refractivity contribution in [2.45, 2.75) is 26.9 Å². The van der Waals surface area contributed by atoms with Gasteiger partial charge in [-0.15, -0.1) is 0 Å². The van der Waals surface area contributed by atoms with Crippen LogP contribution in [0.2, 0.25) is 0 Å².